The molecule has 0 bridgehead atoms. The minimum atomic E-state index is -0.550. The Hall–Kier alpha value is -1.99. The van der Waals surface area contributed by atoms with Crippen LogP contribution in [0.25, 0.3) is 0 Å². The monoisotopic (exact) mass is 247 g/mol. The van der Waals surface area contributed by atoms with E-state index in [1.807, 2.05) is 30.3 Å². The van der Waals surface area contributed by atoms with Gasteiger partial charge >= 0.3 is 6.09 Å². The van der Waals surface area contributed by atoms with Crippen LogP contribution in [-0.2, 0) is 16.1 Å². The molecule has 0 fully saturated rings. The van der Waals surface area contributed by atoms with Crippen molar-refractivity contribution in [3.05, 3.63) is 35.9 Å². The first-order valence-electron chi connectivity index (χ1n) is 5.63. The standard InChI is InChI=1S/C14H17NO3/c1-4-13(11(2)17-3)15-14(16)18-10-12-8-6-5-7-9-12/h1,5-9,11,13H,10H2,2-3H3,(H,15,16). The number of amides is 1. The molecule has 2 unspecified atom stereocenters. The van der Waals surface area contributed by atoms with Gasteiger partial charge in [0.25, 0.3) is 0 Å². The number of benzene rings is 1. The van der Waals surface area contributed by atoms with Crippen LogP contribution in [0.5, 0.6) is 0 Å². The summed E-state index contributed by atoms with van der Waals surface area (Å²) in [5.41, 5.74) is 0.921. The molecule has 4 nitrogen and oxygen atoms in total. The summed E-state index contributed by atoms with van der Waals surface area (Å²) in [5.74, 6) is 2.44. The summed E-state index contributed by atoms with van der Waals surface area (Å²) in [5, 5.41) is 2.57. The SMILES string of the molecule is C#CC(NC(=O)OCc1ccccc1)C(C)OC. The minimum Gasteiger partial charge on any atom is -0.445 e. The second-order valence-electron chi connectivity index (χ2n) is 3.79. The Balaban J connectivity index is 2.40. The molecule has 4 heteroatoms. The highest BCUT2D eigenvalue weighted by Crippen LogP contribution is 2.02. The summed E-state index contributed by atoms with van der Waals surface area (Å²) in [6.45, 7) is 1.99. The summed E-state index contributed by atoms with van der Waals surface area (Å²) in [7, 11) is 1.53. The molecule has 1 amide bonds. The van der Waals surface area contributed by atoms with Crippen molar-refractivity contribution in [2.45, 2.75) is 25.7 Å². The number of nitrogens with one attached hydrogen (secondary N) is 1. The maximum Gasteiger partial charge on any atom is 0.408 e. The first-order valence-corrected chi connectivity index (χ1v) is 5.63. The summed E-state index contributed by atoms with van der Waals surface area (Å²) in [6, 6.07) is 8.92. The van der Waals surface area contributed by atoms with Gasteiger partial charge in [-0.25, -0.2) is 4.79 Å². The van der Waals surface area contributed by atoms with Crippen LogP contribution < -0.4 is 5.32 Å². The summed E-state index contributed by atoms with van der Waals surface area (Å²) < 4.78 is 10.1. The van der Waals surface area contributed by atoms with Gasteiger partial charge in [-0.15, -0.1) is 6.42 Å². The van der Waals surface area contributed by atoms with Crippen LogP contribution in [0.2, 0.25) is 0 Å². The van der Waals surface area contributed by atoms with Crippen molar-refractivity contribution >= 4 is 6.09 Å². The lowest BCUT2D eigenvalue weighted by Crippen LogP contribution is -2.42. The van der Waals surface area contributed by atoms with Crippen LogP contribution in [0, 0.1) is 12.3 Å². The molecule has 0 aliphatic heterocycles. The maximum atomic E-state index is 11.5. The van der Waals surface area contributed by atoms with Gasteiger partial charge in [0.15, 0.2) is 0 Å². The highest BCUT2D eigenvalue weighted by molar-refractivity contribution is 5.68. The Morgan fingerprint density at radius 2 is 2.11 bits per heavy atom. The van der Waals surface area contributed by atoms with Crippen LogP contribution in [0.4, 0.5) is 4.79 Å². The quantitative estimate of drug-likeness (QED) is 0.809. The molecule has 1 N–H and O–H groups in total. The average Bonchev–Trinajstić information content (AvgIpc) is 2.42. The van der Waals surface area contributed by atoms with Crippen molar-refractivity contribution in [3.8, 4) is 12.3 Å². The Morgan fingerprint density at radius 1 is 1.44 bits per heavy atom. The molecule has 0 aromatic heterocycles. The first kappa shape index (κ1) is 14.1. The van der Waals surface area contributed by atoms with Gasteiger partial charge < -0.3 is 14.8 Å². The molecule has 0 saturated heterocycles. The Labute approximate surface area is 107 Å². The summed E-state index contributed by atoms with van der Waals surface area (Å²) >= 11 is 0. The zero-order valence-corrected chi connectivity index (χ0v) is 10.6. The molecule has 0 heterocycles. The van der Waals surface area contributed by atoms with Crippen molar-refractivity contribution in [1.29, 1.82) is 0 Å². The van der Waals surface area contributed by atoms with Crippen molar-refractivity contribution in [1.82, 2.24) is 5.32 Å². The molecule has 1 aromatic rings. The molecule has 0 spiro atoms. The van der Waals surface area contributed by atoms with Gasteiger partial charge in [0.2, 0.25) is 0 Å². The molecule has 1 aromatic carbocycles. The van der Waals surface area contributed by atoms with Crippen molar-refractivity contribution in [3.63, 3.8) is 0 Å². The number of alkyl carbamates (subject to hydrolysis) is 1. The smallest absolute Gasteiger partial charge is 0.408 e. The molecule has 2 atom stereocenters. The van der Waals surface area contributed by atoms with Crippen LogP contribution in [0.15, 0.2) is 30.3 Å². The van der Waals surface area contributed by atoms with Crippen LogP contribution in [0.3, 0.4) is 0 Å². The van der Waals surface area contributed by atoms with E-state index in [2.05, 4.69) is 11.2 Å². The van der Waals surface area contributed by atoms with E-state index < -0.39 is 12.1 Å². The predicted octanol–water partition coefficient (Wildman–Crippen LogP) is 1.95. The Kier molecular flexibility index (Phi) is 5.75. The van der Waals surface area contributed by atoms with Gasteiger partial charge in [-0.2, -0.15) is 0 Å². The lowest BCUT2D eigenvalue weighted by Gasteiger charge is -2.18. The lowest BCUT2D eigenvalue weighted by molar-refractivity contribution is 0.0889. The van der Waals surface area contributed by atoms with E-state index in [0.717, 1.165) is 5.56 Å². The number of hydrogen-bond donors (Lipinski definition) is 1. The molecular weight excluding hydrogens is 230 g/mol. The van der Waals surface area contributed by atoms with Gasteiger partial charge in [0.1, 0.15) is 12.6 Å². The molecule has 0 saturated carbocycles. The van der Waals surface area contributed by atoms with Crippen molar-refractivity contribution in [2.75, 3.05) is 7.11 Å². The number of terminal acetylenes is 1. The third-order valence-corrected chi connectivity index (χ3v) is 2.51. The number of carbonyl (C=O) groups is 1. The fraction of sp³-hybridized carbons (Fsp3) is 0.357. The largest absolute Gasteiger partial charge is 0.445 e. The summed E-state index contributed by atoms with van der Waals surface area (Å²) in [4.78, 5) is 11.5. The third kappa shape index (κ3) is 4.48. The van der Waals surface area contributed by atoms with Crippen LogP contribution >= 0.6 is 0 Å². The maximum absolute atomic E-state index is 11.5. The predicted molar refractivity (Wildman–Crippen MR) is 68.9 cm³/mol. The molecular formula is C14H17NO3. The zero-order valence-electron chi connectivity index (χ0n) is 10.6. The fourth-order valence-electron chi connectivity index (χ4n) is 1.32. The number of rotatable bonds is 5. The van der Waals surface area contributed by atoms with Gasteiger partial charge in [-0.3, -0.25) is 0 Å². The second-order valence-corrected chi connectivity index (χ2v) is 3.79. The van der Waals surface area contributed by atoms with Gasteiger partial charge in [-0.1, -0.05) is 36.3 Å². The number of hydrogen-bond acceptors (Lipinski definition) is 3. The Morgan fingerprint density at radius 3 is 2.67 bits per heavy atom. The average molecular weight is 247 g/mol. The number of methoxy groups -OCH3 is 1. The molecule has 18 heavy (non-hydrogen) atoms. The van der Waals surface area contributed by atoms with E-state index in [-0.39, 0.29) is 12.7 Å². The van der Waals surface area contributed by atoms with Gasteiger partial charge in [0, 0.05) is 7.11 Å². The van der Waals surface area contributed by atoms with Gasteiger partial charge in [-0.05, 0) is 12.5 Å². The fourth-order valence-corrected chi connectivity index (χ4v) is 1.32. The molecule has 0 radical (unpaired) electrons. The van der Waals surface area contributed by atoms with E-state index in [0.29, 0.717) is 0 Å². The molecule has 0 aliphatic rings. The normalized spacial score (nSPS) is 13.2. The van der Waals surface area contributed by atoms with Crippen LogP contribution in [-0.4, -0.2) is 25.3 Å². The lowest BCUT2D eigenvalue weighted by atomic mass is 10.2. The van der Waals surface area contributed by atoms with Crippen LogP contribution in [0.1, 0.15) is 12.5 Å². The Bertz CT molecular complexity index is 411. The second kappa shape index (κ2) is 7.36. The minimum absolute atomic E-state index is 0.214. The van der Waals surface area contributed by atoms with E-state index in [1.54, 1.807) is 6.92 Å². The van der Waals surface area contributed by atoms with Crippen molar-refractivity contribution < 1.29 is 14.3 Å². The highest BCUT2D eigenvalue weighted by atomic mass is 16.5. The van der Waals surface area contributed by atoms with Crippen molar-refractivity contribution in [2.24, 2.45) is 0 Å². The topological polar surface area (TPSA) is 47.6 Å². The highest BCUT2D eigenvalue weighted by Gasteiger charge is 2.17. The number of carbonyl (C=O) groups excluding carboxylic acids is 1. The van der Waals surface area contributed by atoms with Gasteiger partial charge in [0.05, 0.1) is 6.10 Å². The molecule has 96 valence electrons. The first-order chi connectivity index (χ1) is 8.67. The third-order valence-electron chi connectivity index (χ3n) is 2.51. The molecule has 1 rings (SSSR count). The zero-order chi connectivity index (χ0) is 13.4. The van der Waals surface area contributed by atoms with E-state index in [4.69, 9.17) is 15.9 Å². The molecule has 0 aliphatic carbocycles. The summed E-state index contributed by atoms with van der Waals surface area (Å²) in [6.07, 6.45) is 4.49. The van der Waals surface area contributed by atoms with E-state index >= 15 is 0 Å². The number of ether oxygens (including phenoxy) is 2. The van der Waals surface area contributed by atoms with E-state index in [1.165, 1.54) is 7.11 Å². The van der Waals surface area contributed by atoms with E-state index in [9.17, 15) is 4.79 Å².